The highest BCUT2D eigenvalue weighted by atomic mass is 32.2. The summed E-state index contributed by atoms with van der Waals surface area (Å²) in [7, 11) is 3.59. The molecule has 0 bridgehead atoms. The SMILES string of the molecule is COc1cccc(-c2nnc(SC(C)C(=O)N(C)C3CCCCC3)n2-c2ccccc2)c1. The highest BCUT2D eigenvalue weighted by Crippen LogP contribution is 2.32. The predicted octanol–water partition coefficient (Wildman–Crippen LogP) is 5.21. The van der Waals surface area contributed by atoms with Crippen molar-refractivity contribution in [2.75, 3.05) is 14.2 Å². The van der Waals surface area contributed by atoms with Crippen LogP contribution in [0.1, 0.15) is 39.0 Å². The summed E-state index contributed by atoms with van der Waals surface area (Å²) in [6.45, 7) is 1.96. The number of hydrogen-bond acceptors (Lipinski definition) is 5. The fourth-order valence-corrected chi connectivity index (χ4v) is 5.22. The molecular formula is C25H30N4O2S. The van der Waals surface area contributed by atoms with Gasteiger partial charge in [0.15, 0.2) is 11.0 Å². The zero-order chi connectivity index (χ0) is 22.5. The number of methoxy groups -OCH3 is 1. The van der Waals surface area contributed by atoms with Crippen LogP contribution in [-0.2, 0) is 4.79 Å². The quantitative estimate of drug-likeness (QED) is 0.462. The van der Waals surface area contributed by atoms with Crippen LogP contribution < -0.4 is 4.74 Å². The number of carbonyl (C=O) groups excluding carboxylic acids is 1. The third-order valence-electron chi connectivity index (χ3n) is 6.08. The monoisotopic (exact) mass is 450 g/mol. The summed E-state index contributed by atoms with van der Waals surface area (Å²) < 4.78 is 7.41. The maximum atomic E-state index is 13.2. The number of hydrogen-bond donors (Lipinski definition) is 0. The summed E-state index contributed by atoms with van der Waals surface area (Å²) in [5, 5.41) is 9.42. The Bertz CT molecular complexity index is 1050. The van der Waals surface area contributed by atoms with Gasteiger partial charge in [-0.15, -0.1) is 10.2 Å². The van der Waals surface area contributed by atoms with Crippen LogP contribution in [0.5, 0.6) is 5.75 Å². The van der Waals surface area contributed by atoms with Gasteiger partial charge in [-0.25, -0.2) is 0 Å². The minimum absolute atomic E-state index is 0.146. The second-order valence-electron chi connectivity index (χ2n) is 8.21. The Hall–Kier alpha value is -2.80. The van der Waals surface area contributed by atoms with E-state index in [4.69, 9.17) is 4.74 Å². The van der Waals surface area contributed by atoms with Gasteiger partial charge in [0.25, 0.3) is 0 Å². The Morgan fingerprint density at radius 2 is 1.84 bits per heavy atom. The molecule has 1 heterocycles. The smallest absolute Gasteiger partial charge is 0.235 e. The summed E-state index contributed by atoms with van der Waals surface area (Å²) in [6.07, 6.45) is 5.88. The average molecular weight is 451 g/mol. The third kappa shape index (κ3) is 4.83. The molecule has 4 rings (SSSR count). The van der Waals surface area contributed by atoms with Crippen molar-refractivity contribution >= 4 is 17.7 Å². The lowest BCUT2D eigenvalue weighted by Crippen LogP contribution is -2.42. The number of aromatic nitrogens is 3. The van der Waals surface area contributed by atoms with Gasteiger partial charge in [0, 0.05) is 24.3 Å². The van der Waals surface area contributed by atoms with Gasteiger partial charge >= 0.3 is 0 Å². The molecule has 7 heteroatoms. The Balaban J connectivity index is 1.63. The normalized spacial score (nSPS) is 15.3. The maximum absolute atomic E-state index is 13.2. The van der Waals surface area contributed by atoms with Crippen LogP contribution in [0.25, 0.3) is 17.1 Å². The van der Waals surface area contributed by atoms with Gasteiger partial charge in [-0.2, -0.15) is 0 Å². The number of thioether (sulfide) groups is 1. The summed E-state index contributed by atoms with van der Waals surface area (Å²) >= 11 is 1.46. The second-order valence-corrected chi connectivity index (χ2v) is 9.52. The maximum Gasteiger partial charge on any atom is 0.235 e. The predicted molar refractivity (Wildman–Crippen MR) is 128 cm³/mol. The van der Waals surface area contributed by atoms with Crippen molar-refractivity contribution in [1.29, 1.82) is 0 Å². The van der Waals surface area contributed by atoms with Crippen molar-refractivity contribution in [2.24, 2.45) is 0 Å². The molecule has 2 aromatic carbocycles. The first-order chi connectivity index (χ1) is 15.6. The molecule has 1 saturated carbocycles. The largest absolute Gasteiger partial charge is 0.497 e. The van der Waals surface area contributed by atoms with E-state index in [1.54, 1.807) is 7.11 Å². The number of carbonyl (C=O) groups is 1. The number of nitrogens with zero attached hydrogens (tertiary/aromatic N) is 4. The van der Waals surface area contributed by atoms with Gasteiger partial charge < -0.3 is 9.64 Å². The first-order valence-corrected chi connectivity index (χ1v) is 12.0. The molecule has 6 nitrogen and oxygen atoms in total. The molecule has 1 aliphatic carbocycles. The number of rotatable bonds is 7. The van der Waals surface area contributed by atoms with Crippen LogP contribution in [-0.4, -0.2) is 51.0 Å². The van der Waals surface area contributed by atoms with E-state index in [9.17, 15) is 4.79 Å². The van der Waals surface area contributed by atoms with Gasteiger partial charge in [0.2, 0.25) is 5.91 Å². The number of benzene rings is 2. The Labute approximate surface area is 194 Å². The minimum Gasteiger partial charge on any atom is -0.497 e. The molecule has 3 aromatic rings. The van der Waals surface area contributed by atoms with Crippen LogP contribution in [0, 0.1) is 0 Å². The van der Waals surface area contributed by atoms with E-state index < -0.39 is 0 Å². The van der Waals surface area contributed by atoms with E-state index >= 15 is 0 Å². The second kappa shape index (κ2) is 10.2. The summed E-state index contributed by atoms with van der Waals surface area (Å²) in [6, 6.07) is 18.1. The first kappa shape index (κ1) is 22.4. The lowest BCUT2D eigenvalue weighted by Gasteiger charge is -2.32. The lowest BCUT2D eigenvalue weighted by molar-refractivity contribution is -0.131. The molecule has 0 spiro atoms. The summed E-state index contributed by atoms with van der Waals surface area (Å²) in [5.74, 6) is 1.63. The zero-order valence-corrected chi connectivity index (χ0v) is 19.7. The molecule has 1 fully saturated rings. The van der Waals surface area contributed by atoms with E-state index in [0.29, 0.717) is 11.2 Å². The summed E-state index contributed by atoms with van der Waals surface area (Å²) in [5.41, 5.74) is 1.86. The molecule has 1 atom stereocenters. The first-order valence-electron chi connectivity index (χ1n) is 11.2. The molecule has 0 saturated heterocycles. The van der Waals surface area contributed by atoms with Crippen molar-refractivity contribution in [3.05, 3.63) is 54.6 Å². The number of ether oxygens (including phenoxy) is 1. The van der Waals surface area contributed by atoms with Crippen molar-refractivity contribution in [1.82, 2.24) is 19.7 Å². The molecule has 168 valence electrons. The van der Waals surface area contributed by atoms with Crippen molar-refractivity contribution in [3.63, 3.8) is 0 Å². The lowest BCUT2D eigenvalue weighted by atomic mass is 9.94. The van der Waals surface area contributed by atoms with Crippen LogP contribution in [0.3, 0.4) is 0 Å². The van der Waals surface area contributed by atoms with Crippen molar-refractivity contribution in [3.8, 4) is 22.8 Å². The van der Waals surface area contributed by atoms with E-state index in [2.05, 4.69) is 10.2 Å². The molecule has 1 aromatic heterocycles. The summed E-state index contributed by atoms with van der Waals surface area (Å²) in [4.78, 5) is 15.1. The molecular weight excluding hydrogens is 420 g/mol. The van der Waals surface area contributed by atoms with Crippen molar-refractivity contribution < 1.29 is 9.53 Å². The van der Waals surface area contributed by atoms with Gasteiger partial charge in [-0.3, -0.25) is 9.36 Å². The van der Waals surface area contributed by atoms with Crippen LogP contribution in [0.15, 0.2) is 59.8 Å². The van der Waals surface area contributed by atoms with Crippen LogP contribution in [0.2, 0.25) is 0 Å². The number of amides is 1. The average Bonchev–Trinajstić information content (AvgIpc) is 3.27. The fraction of sp³-hybridized carbons (Fsp3) is 0.400. The molecule has 32 heavy (non-hydrogen) atoms. The topological polar surface area (TPSA) is 60.3 Å². The Kier molecular flexibility index (Phi) is 7.15. The van der Waals surface area contributed by atoms with Gasteiger partial charge in [0.1, 0.15) is 5.75 Å². The van der Waals surface area contributed by atoms with Crippen LogP contribution >= 0.6 is 11.8 Å². The molecule has 0 radical (unpaired) electrons. The highest BCUT2D eigenvalue weighted by molar-refractivity contribution is 8.00. The van der Waals surface area contributed by atoms with E-state index in [-0.39, 0.29) is 11.2 Å². The Morgan fingerprint density at radius 1 is 1.09 bits per heavy atom. The van der Waals surface area contributed by atoms with E-state index in [1.807, 2.05) is 78.0 Å². The van der Waals surface area contributed by atoms with E-state index in [0.717, 1.165) is 35.7 Å². The van der Waals surface area contributed by atoms with E-state index in [1.165, 1.54) is 31.0 Å². The number of para-hydroxylation sites is 1. The van der Waals surface area contributed by atoms with Gasteiger partial charge in [-0.05, 0) is 44.0 Å². The van der Waals surface area contributed by atoms with Crippen molar-refractivity contribution in [2.45, 2.75) is 55.5 Å². The third-order valence-corrected chi connectivity index (χ3v) is 7.11. The Morgan fingerprint density at radius 3 is 2.56 bits per heavy atom. The molecule has 1 aliphatic rings. The minimum atomic E-state index is -0.258. The zero-order valence-electron chi connectivity index (χ0n) is 18.9. The molecule has 0 N–H and O–H groups in total. The molecule has 0 aliphatic heterocycles. The van der Waals surface area contributed by atoms with Crippen LogP contribution in [0.4, 0.5) is 0 Å². The highest BCUT2D eigenvalue weighted by Gasteiger charge is 2.28. The standard InChI is InChI=1S/C25H30N4O2S/c1-18(24(30)28(2)20-12-6-4-7-13-20)32-25-27-26-23(19-11-10-16-22(17-19)31-3)29(25)21-14-8-5-9-15-21/h5,8-11,14-18,20H,4,6-7,12-13H2,1-3H3. The molecule has 1 unspecified atom stereocenters. The fourth-order valence-electron chi connectivity index (χ4n) is 4.25. The molecule has 1 amide bonds. The van der Waals surface area contributed by atoms with Gasteiger partial charge in [0.05, 0.1) is 12.4 Å². The van der Waals surface area contributed by atoms with Gasteiger partial charge in [-0.1, -0.05) is 61.4 Å².